The molecule has 1 amide bonds. The summed E-state index contributed by atoms with van der Waals surface area (Å²) in [4.78, 5) is 12.9. The van der Waals surface area contributed by atoms with Crippen LogP contribution in [0.3, 0.4) is 0 Å². The number of carbonyl (C=O) groups excluding carboxylic acids is 1. The molecule has 1 saturated heterocycles. The molecule has 1 fully saturated rings. The first-order valence-electron chi connectivity index (χ1n) is 9.29. The first-order valence-corrected chi connectivity index (χ1v) is 9.29. The minimum absolute atomic E-state index is 0.0173. The SMILES string of the molecule is CC.CCCC(C(=O)Nc1c(C)cc(F)cc1C)[N+]1(C)CCCC1. The summed E-state index contributed by atoms with van der Waals surface area (Å²) in [6.07, 6.45) is 4.27. The molecule has 1 heterocycles. The molecule has 136 valence electrons. The van der Waals surface area contributed by atoms with Crippen molar-refractivity contribution in [1.82, 2.24) is 0 Å². The average molecular weight is 338 g/mol. The van der Waals surface area contributed by atoms with Crippen molar-refractivity contribution in [3.63, 3.8) is 0 Å². The summed E-state index contributed by atoms with van der Waals surface area (Å²) in [5.41, 5.74) is 2.33. The van der Waals surface area contributed by atoms with Crippen LogP contribution in [0.25, 0.3) is 0 Å². The first-order chi connectivity index (χ1) is 11.4. The first kappa shape index (κ1) is 20.6. The Hall–Kier alpha value is -1.42. The van der Waals surface area contributed by atoms with Gasteiger partial charge in [0.2, 0.25) is 0 Å². The molecule has 4 heteroatoms. The van der Waals surface area contributed by atoms with Gasteiger partial charge in [-0.3, -0.25) is 4.79 Å². The van der Waals surface area contributed by atoms with Crippen molar-refractivity contribution >= 4 is 11.6 Å². The van der Waals surface area contributed by atoms with Crippen molar-refractivity contribution in [1.29, 1.82) is 0 Å². The molecule has 0 aliphatic carbocycles. The van der Waals surface area contributed by atoms with Crippen LogP contribution in [-0.4, -0.2) is 36.6 Å². The summed E-state index contributed by atoms with van der Waals surface area (Å²) in [7, 11) is 2.19. The summed E-state index contributed by atoms with van der Waals surface area (Å²) >= 11 is 0. The van der Waals surface area contributed by atoms with Gasteiger partial charge >= 0.3 is 0 Å². The Morgan fingerprint density at radius 3 is 2.17 bits per heavy atom. The van der Waals surface area contributed by atoms with Crippen molar-refractivity contribution in [2.75, 3.05) is 25.5 Å². The van der Waals surface area contributed by atoms with Gasteiger partial charge in [0.25, 0.3) is 5.91 Å². The fourth-order valence-electron chi connectivity index (χ4n) is 3.68. The molecular formula is C20H34FN2O+. The summed E-state index contributed by atoms with van der Waals surface area (Å²) < 4.78 is 14.2. The molecule has 1 aliphatic rings. The second-order valence-corrected chi connectivity index (χ2v) is 6.84. The highest BCUT2D eigenvalue weighted by molar-refractivity contribution is 5.95. The molecule has 1 aliphatic heterocycles. The third kappa shape index (κ3) is 4.79. The number of aryl methyl sites for hydroxylation is 2. The van der Waals surface area contributed by atoms with E-state index < -0.39 is 0 Å². The number of halogens is 1. The van der Waals surface area contributed by atoms with Crippen LogP contribution in [0.15, 0.2) is 12.1 Å². The second kappa shape index (κ2) is 9.16. The van der Waals surface area contributed by atoms with Gasteiger partial charge in [-0.05, 0) is 43.5 Å². The van der Waals surface area contributed by atoms with E-state index in [4.69, 9.17) is 0 Å². The fourth-order valence-corrected chi connectivity index (χ4v) is 3.68. The fraction of sp³-hybridized carbons (Fsp3) is 0.650. The van der Waals surface area contributed by atoms with E-state index in [1.54, 1.807) is 0 Å². The van der Waals surface area contributed by atoms with E-state index in [1.807, 2.05) is 27.7 Å². The maximum absolute atomic E-state index is 13.4. The highest BCUT2D eigenvalue weighted by Gasteiger charge is 2.40. The topological polar surface area (TPSA) is 29.1 Å². The molecule has 0 aromatic heterocycles. The quantitative estimate of drug-likeness (QED) is 0.767. The van der Waals surface area contributed by atoms with Crippen molar-refractivity contribution in [2.24, 2.45) is 0 Å². The van der Waals surface area contributed by atoms with Crippen LogP contribution in [0.1, 0.15) is 57.6 Å². The number of hydrogen-bond acceptors (Lipinski definition) is 1. The Kier molecular flexibility index (Phi) is 7.88. The van der Waals surface area contributed by atoms with Gasteiger partial charge in [0.05, 0.1) is 20.1 Å². The molecule has 0 spiro atoms. The number of hydrogen-bond donors (Lipinski definition) is 1. The largest absolute Gasteiger partial charge is 0.320 e. The molecule has 1 aromatic rings. The zero-order chi connectivity index (χ0) is 18.3. The van der Waals surface area contributed by atoms with E-state index in [9.17, 15) is 9.18 Å². The standard InChI is InChI=1S/C18H27FN2O.C2H6/c1-5-8-16(21(4)9-6-7-10-21)18(22)20-17-13(2)11-15(19)12-14(17)3;1-2/h11-12,16H,5-10H2,1-4H3;1-2H3/p+1. The number of benzene rings is 1. The summed E-state index contributed by atoms with van der Waals surface area (Å²) in [6.45, 7) is 11.9. The smallest absolute Gasteiger partial charge is 0.282 e. The van der Waals surface area contributed by atoms with Crippen LogP contribution in [0.2, 0.25) is 0 Å². The van der Waals surface area contributed by atoms with Crippen molar-refractivity contribution in [2.45, 2.75) is 66.3 Å². The average Bonchev–Trinajstić information content (AvgIpc) is 2.97. The van der Waals surface area contributed by atoms with Crippen molar-refractivity contribution in [3.05, 3.63) is 29.1 Å². The van der Waals surface area contributed by atoms with Crippen molar-refractivity contribution < 1.29 is 13.7 Å². The van der Waals surface area contributed by atoms with Crippen LogP contribution in [0, 0.1) is 19.7 Å². The number of quaternary nitrogens is 1. The molecule has 1 N–H and O–H groups in total. The van der Waals surface area contributed by atoms with Crippen LogP contribution < -0.4 is 5.32 Å². The number of amides is 1. The Bertz CT molecular complexity index is 528. The van der Waals surface area contributed by atoms with Gasteiger partial charge in [0.15, 0.2) is 6.04 Å². The van der Waals surface area contributed by atoms with E-state index in [-0.39, 0.29) is 17.8 Å². The summed E-state index contributed by atoms with van der Waals surface area (Å²) in [6, 6.07) is 2.93. The monoisotopic (exact) mass is 337 g/mol. The molecule has 0 radical (unpaired) electrons. The highest BCUT2D eigenvalue weighted by Crippen LogP contribution is 2.27. The van der Waals surface area contributed by atoms with Crippen LogP contribution in [0.4, 0.5) is 10.1 Å². The van der Waals surface area contributed by atoms with E-state index in [0.717, 1.165) is 47.2 Å². The lowest BCUT2D eigenvalue weighted by Gasteiger charge is -2.37. The lowest BCUT2D eigenvalue weighted by Crippen LogP contribution is -2.55. The second-order valence-electron chi connectivity index (χ2n) is 6.84. The summed E-state index contributed by atoms with van der Waals surface area (Å²) in [5, 5.41) is 3.07. The van der Waals surface area contributed by atoms with Gasteiger partial charge in [-0.2, -0.15) is 0 Å². The van der Waals surface area contributed by atoms with E-state index in [1.165, 1.54) is 25.0 Å². The van der Waals surface area contributed by atoms with Gasteiger partial charge in [0.1, 0.15) is 5.82 Å². The van der Waals surface area contributed by atoms with Gasteiger partial charge in [-0.25, -0.2) is 4.39 Å². The molecule has 1 aromatic carbocycles. The van der Waals surface area contributed by atoms with E-state index >= 15 is 0 Å². The predicted molar refractivity (Wildman–Crippen MR) is 99.7 cm³/mol. The van der Waals surface area contributed by atoms with Crippen LogP contribution in [-0.2, 0) is 4.79 Å². The van der Waals surface area contributed by atoms with Gasteiger partial charge in [0, 0.05) is 24.9 Å². The molecule has 24 heavy (non-hydrogen) atoms. The lowest BCUT2D eigenvalue weighted by atomic mass is 10.0. The van der Waals surface area contributed by atoms with Gasteiger partial charge in [-0.15, -0.1) is 0 Å². The van der Waals surface area contributed by atoms with Crippen LogP contribution in [0.5, 0.6) is 0 Å². The number of likely N-dealkylation sites (tertiary alicyclic amines) is 1. The Morgan fingerprint density at radius 1 is 1.21 bits per heavy atom. The lowest BCUT2D eigenvalue weighted by molar-refractivity contribution is -0.913. The number of nitrogens with zero attached hydrogens (tertiary/aromatic N) is 1. The highest BCUT2D eigenvalue weighted by atomic mass is 19.1. The maximum atomic E-state index is 13.4. The van der Waals surface area contributed by atoms with Crippen molar-refractivity contribution in [3.8, 4) is 0 Å². The third-order valence-electron chi connectivity index (χ3n) is 4.95. The number of anilines is 1. The Balaban J connectivity index is 0.00000139. The zero-order valence-corrected chi connectivity index (χ0v) is 16.2. The number of carbonyl (C=O) groups is 1. The molecule has 3 nitrogen and oxygen atoms in total. The van der Waals surface area contributed by atoms with E-state index in [0.29, 0.717) is 0 Å². The maximum Gasteiger partial charge on any atom is 0.282 e. The zero-order valence-electron chi connectivity index (χ0n) is 16.2. The molecular weight excluding hydrogens is 303 g/mol. The normalized spacial score (nSPS) is 17.0. The van der Waals surface area contributed by atoms with Crippen LogP contribution >= 0.6 is 0 Å². The third-order valence-corrected chi connectivity index (χ3v) is 4.95. The Morgan fingerprint density at radius 2 is 1.71 bits per heavy atom. The number of likely N-dealkylation sites (N-methyl/N-ethyl adjacent to an activating group) is 1. The minimum atomic E-state index is -0.253. The number of nitrogens with one attached hydrogen (secondary N) is 1. The summed E-state index contributed by atoms with van der Waals surface area (Å²) in [5.74, 6) is -0.180. The predicted octanol–water partition coefficient (Wildman–Crippen LogP) is 4.82. The molecule has 0 bridgehead atoms. The van der Waals surface area contributed by atoms with E-state index in [2.05, 4.69) is 19.3 Å². The number of rotatable bonds is 5. The van der Waals surface area contributed by atoms with Gasteiger partial charge < -0.3 is 9.80 Å². The molecule has 0 saturated carbocycles. The van der Waals surface area contributed by atoms with Gasteiger partial charge in [-0.1, -0.05) is 20.8 Å². The Labute approximate surface area is 146 Å². The minimum Gasteiger partial charge on any atom is -0.320 e. The molecule has 1 unspecified atom stereocenters. The molecule has 1 atom stereocenters. The molecule has 2 rings (SSSR count).